The van der Waals surface area contributed by atoms with Gasteiger partial charge in [-0.1, -0.05) is 29.8 Å². The quantitative estimate of drug-likeness (QED) is 0.858. The van der Waals surface area contributed by atoms with Crippen molar-refractivity contribution in [1.82, 2.24) is 15.1 Å². The van der Waals surface area contributed by atoms with Gasteiger partial charge in [0.2, 0.25) is 0 Å². The van der Waals surface area contributed by atoms with E-state index in [-0.39, 0.29) is 12.5 Å². The molecule has 0 radical (unpaired) electrons. The second-order valence-electron chi connectivity index (χ2n) is 4.50. The zero-order valence-electron chi connectivity index (χ0n) is 11.1. The van der Waals surface area contributed by atoms with Crippen molar-refractivity contribution in [2.75, 3.05) is 0 Å². The number of nitrogens with one attached hydrogen (secondary N) is 1. The van der Waals surface area contributed by atoms with E-state index in [1.807, 2.05) is 31.3 Å². The van der Waals surface area contributed by atoms with Crippen LogP contribution in [-0.4, -0.2) is 20.9 Å². The average Bonchev–Trinajstić information content (AvgIpc) is 2.80. The molecular formula is C14H16ClN3O2. The minimum atomic E-state index is -0.868. The van der Waals surface area contributed by atoms with Crippen LogP contribution in [0.4, 0.5) is 0 Å². The van der Waals surface area contributed by atoms with Gasteiger partial charge >= 0.3 is 5.97 Å². The van der Waals surface area contributed by atoms with E-state index >= 15 is 0 Å². The standard InChI is InChI=1S/C14H16ClN3O2/c1-18-10(6-7-17-18)9-16-13(8-14(19)20)11-4-2-3-5-12(11)15/h2-7,13,16H,8-9H2,1H3,(H,19,20). The summed E-state index contributed by atoms with van der Waals surface area (Å²) in [5.41, 5.74) is 1.77. The highest BCUT2D eigenvalue weighted by Crippen LogP contribution is 2.25. The fourth-order valence-electron chi connectivity index (χ4n) is 2.03. The number of rotatable bonds is 6. The molecule has 0 amide bonds. The summed E-state index contributed by atoms with van der Waals surface area (Å²) in [6, 6.07) is 8.82. The zero-order chi connectivity index (χ0) is 14.5. The molecule has 0 aliphatic carbocycles. The summed E-state index contributed by atoms with van der Waals surface area (Å²) in [6.07, 6.45) is 1.68. The van der Waals surface area contributed by atoms with Gasteiger partial charge in [0, 0.05) is 30.9 Å². The van der Waals surface area contributed by atoms with Crippen molar-refractivity contribution < 1.29 is 9.90 Å². The first kappa shape index (κ1) is 14.6. The van der Waals surface area contributed by atoms with E-state index in [4.69, 9.17) is 16.7 Å². The number of hydrogen-bond acceptors (Lipinski definition) is 3. The van der Waals surface area contributed by atoms with Crippen LogP contribution in [0.2, 0.25) is 5.02 Å². The van der Waals surface area contributed by atoms with E-state index in [1.54, 1.807) is 16.9 Å². The molecule has 0 saturated heterocycles. The summed E-state index contributed by atoms with van der Waals surface area (Å²) >= 11 is 6.14. The summed E-state index contributed by atoms with van der Waals surface area (Å²) in [5.74, 6) is -0.868. The first-order valence-electron chi connectivity index (χ1n) is 6.24. The number of carboxylic acid groups (broad SMARTS) is 1. The number of aryl methyl sites for hydroxylation is 1. The first-order valence-corrected chi connectivity index (χ1v) is 6.62. The highest BCUT2D eigenvalue weighted by atomic mass is 35.5. The Morgan fingerprint density at radius 1 is 1.45 bits per heavy atom. The van der Waals surface area contributed by atoms with Crippen LogP contribution in [0.5, 0.6) is 0 Å². The first-order chi connectivity index (χ1) is 9.58. The number of halogens is 1. The van der Waals surface area contributed by atoms with Gasteiger partial charge in [-0.3, -0.25) is 9.48 Å². The van der Waals surface area contributed by atoms with Crippen molar-refractivity contribution in [1.29, 1.82) is 0 Å². The van der Waals surface area contributed by atoms with Crippen LogP contribution >= 0.6 is 11.6 Å². The molecule has 2 aromatic rings. The molecule has 106 valence electrons. The maximum Gasteiger partial charge on any atom is 0.305 e. The Morgan fingerprint density at radius 2 is 2.20 bits per heavy atom. The van der Waals surface area contributed by atoms with Crippen LogP contribution < -0.4 is 5.32 Å². The highest BCUT2D eigenvalue weighted by Gasteiger charge is 2.17. The molecule has 1 heterocycles. The van der Waals surface area contributed by atoms with Gasteiger partial charge in [-0.25, -0.2) is 0 Å². The number of aromatic nitrogens is 2. The normalized spacial score (nSPS) is 12.3. The molecule has 0 spiro atoms. The van der Waals surface area contributed by atoms with Crippen LogP contribution in [0.1, 0.15) is 23.7 Å². The van der Waals surface area contributed by atoms with Crippen molar-refractivity contribution in [2.45, 2.75) is 19.0 Å². The lowest BCUT2D eigenvalue weighted by Gasteiger charge is -2.18. The molecule has 5 nitrogen and oxygen atoms in total. The van der Waals surface area contributed by atoms with E-state index in [1.165, 1.54) is 0 Å². The second-order valence-corrected chi connectivity index (χ2v) is 4.91. The van der Waals surface area contributed by atoms with Crippen molar-refractivity contribution in [3.63, 3.8) is 0 Å². The summed E-state index contributed by atoms with van der Waals surface area (Å²) in [4.78, 5) is 11.0. The lowest BCUT2D eigenvalue weighted by molar-refractivity contribution is -0.137. The third-order valence-corrected chi connectivity index (χ3v) is 3.46. The molecule has 0 fully saturated rings. The molecular weight excluding hydrogens is 278 g/mol. The largest absolute Gasteiger partial charge is 0.481 e. The highest BCUT2D eigenvalue weighted by molar-refractivity contribution is 6.31. The van der Waals surface area contributed by atoms with E-state index in [9.17, 15) is 4.79 Å². The van der Waals surface area contributed by atoms with Crippen molar-refractivity contribution in [2.24, 2.45) is 7.05 Å². The Bertz CT molecular complexity index is 598. The van der Waals surface area contributed by atoms with E-state index in [2.05, 4.69) is 10.4 Å². The molecule has 2 rings (SSSR count). The zero-order valence-corrected chi connectivity index (χ0v) is 11.8. The fraction of sp³-hybridized carbons (Fsp3) is 0.286. The Balaban J connectivity index is 2.14. The van der Waals surface area contributed by atoms with Gasteiger partial charge in [-0.05, 0) is 17.7 Å². The molecule has 6 heteroatoms. The van der Waals surface area contributed by atoms with Gasteiger partial charge in [0.1, 0.15) is 0 Å². The lowest BCUT2D eigenvalue weighted by atomic mass is 10.0. The van der Waals surface area contributed by atoms with Gasteiger partial charge in [-0.2, -0.15) is 5.10 Å². The smallest absolute Gasteiger partial charge is 0.305 e. The third kappa shape index (κ3) is 3.59. The molecule has 2 N–H and O–H groups in total. The topological polar surface area (TPSA) is 67.2 Å². The van der Waals surface area contributed by atoms with E-state index in [0.29, 0.717) is 11.6 Å². The molecule has 1 aromatic heterocycles. The third-order valence-electron chi connectivity index (χ3n) is 3.11. The molecule has 0 aliphatic rings. The summed E-state index contributed by atoms with van der Waals surface area (Å²) in [7, 11) is 1.85. The van der Waals surface area contributed by atoms with Crippen LogP contribution in [0.25, 0.3) is 0 Å². The van der Waals surface area contributed by atoms with Crippen LogP contribution in [0.15, 0.2) is 36.5 Å². The Labute approximate surface area is 122 Å². The summed E-state index contributed by atoms with van der Waals surface area (Å²) in [5, 5.41) is 16.9. The number of hydrogen-bond donors (Lipinski definition) is 2. The van der Waals surface area contributed by atoms with Gasteiger partial charge in [0.05, 0.1) is 12.1 Å². The maximum atomic E-state index is 11.0. The Hall–Kier alpha value is -1.85. The SMILES string of the molecule is Cn1nccc1CNC(CC(=O)O)c1ccccc1Cl. The van der Waals surface area contributed by atoms with E-state index < -0.39 is 5.97 Å². The van der Waals surface area contributed by atoms with Gasteiger partial charge in [0.15, 0.2) is 0 Å². The lowest BCUT2D eigenvalue weighted by Crippen LogP contribution is -2.24. The predicted molar refractivity (Wildman–Crippen MR) is 76.5 cm³/mol. The summed E-state index contributed by atoms with van der Waals surface area (Å²) < 4.78 is 1.75. The molecule has 1 atom stereocenters. The molecule has 0 saturated carbocycles. The van der Waals surface area contributed by atoms with Crippen molar-refractivity contribution >= 4 is 17.6 Å². The van der Waals surface area contributed by atoms with Crippen molar-refractivity contribution in [3.05, 3.63) is 52.8 Å². The number of carboxylic acids is 1. The van der Waals surface area contributed by atoms with Gasteiger partial charge in [-0.15, -0.1) is 0 Å². The molecule has 1 aromatic carbocycles. The van der Waals surface area contributed by atoms with Crippen LogP contribution in [0.3, 0.4) is 0 Å². The Morgan fingerprint density at radius 3 is 2.80 bits per heavy atom. The van der Waals surface area contributed by atoms with E-state index in [0.717, 1.165) is 11.3 Å². The monoisotopic (exact) mass is 293 g/mol. The summed E-state index contributed by atoms with van der Waals surface area (Å²) in [6.45, 7) is 0.527. The number of benzene rings is 1. The molecule has 1 unspecified atom stereocenters. The second kappa shape index (κ2) is 6.54. The molecule has 20 heavy (non-hydrogen) atoms. The number of nitrogens with zero attached hydrogens (tertiary/aromatic N) is 2. The predicted octanol–water partition coefficient (Wildman–Crippen LogP) is 2.38. The van der Waals surface area contributed by atoms with Crippen LogP contribution in [-0.2, 0) is 18.4 Å². The van der Waals surface area contributed by atoms with Gasteiger partial charge in [0.25, 0.3) is 0 Å². The molecule has 0 bridgehead atoms. The number of aliphatic carboxylic acids is 1. The van der Waals surface area contributed by atoms with Crippen molar-refractivity contribution in [3.8, 4) is 0 Å². The average molecular weight is 294 g/mol. The minimum Gasteiger partial charge on any atom is -0.481 e. The minimum absolute atomic E-state index is 0.0262. The maximum absolute atomic E-state index is 11.0. The molecule has 0 aliphatic heterocycles. The van der Waals surface area contributed by atoms with Gasteiger partial charge < -0.3 is 10.4 Å². The van der Waals surface area contributed by atoms with Crippen LogP contribution in [0, 0.1) is 0 Å². The fourth-order valence-corrected chi connectivity index (χ4v) is 2.29. The Kier molecular flexibility index (Phi) is 4.76. The number of carbonyl (C=O) groups is 1.